The van der Waals surface area contributed by atoms with Crippen molar-refractivity contribution in [3.63, 3.8) is 0 Å². The molecule has 3 aromatic carbocycles. The lowest BCUT2D eigenvalue weighted by molar-refractivity contribution is -0.121. The number of hydrogen-bond donors (Lipinski definition) is 2. The average molecular weight is 425 g/mol. The molecule has 0 aliphatic rings. The molecule has 0 aliphatic heterocycles. The summed E-state index contributed by atoms with van der Waals surface area (Å²) in [5, 5.41) is 5.28. The SMILES string of the molecule is CC(C)CNS(=O)(=O)c1ccc(CCC(=O)NCc2cccc3ccccc23)cc1. The summed E-state index contributed by atoms with van der Waals surface area (Å²) in [6, 6.07) is 20.9. The second kappa shape index (κ2) is 9.87. The van der Waals surface area contributed by atoms with E-state index >= 15 is 0 Å². The smallest absolute Gasteiger partial charge is 0.240 e. The van der Waals surface area contributed by atoms with E-state index < -0.39 is 10.0 Å². The number of carbonyl (C=O) groups is 1. The summed E-state index contributed by atoms with van der Waals surface area (Å²) in [5.74, 6) is 0.213. The molecule has 0 aromatic heterocycles. The first-order chi connectivity index (χ1) is 14.3. The number of hydrogen-bond acceptors (Lipinski definition) is 3. The number of fused-ring (bicyclic) bond motifs is 1. The van der Waals surface area contributed by atoms with E-state index in [1.54, 1.807) is 24.3 Å². The number of aryl methyl sites for hydroxylation is 1. The van der Waals surface area contributed by atoms with E-state index in [1.165, 1.54) is 0 Å². The number of carbonyl (C=O) groups excluding carboxylic acids is 1. The van der Waals surface area contributed by atoms with Crippen molar-refractivity contribution < 1.29 is 13.2 Å². The molecular weight excluding hydrogens is 396 g/mol. The molecule has 0 spiro atoms. The monoisotopic (exact) mass is 424 g/mol. The van der Waals surface area contributed by atoms with Crippen molar-refractivity contribution in [3.05, 3.63) is 77.9 Å². The van der Waals surface area contributed by atoms with Gasteiger partial charge in [-0.2, -0.15) is 0 Å². The van der Waals surface area contributed by atoms with Crippen LogP contribution in [0.4, 0.5) is 0 Å². The summed E-state index contributed by atoms with van der Waals surface area (Å²) < 4.78 is 27.1. The van der Waals surface area contributed by atoms with Crippen LogP contribution in [-0.4, -0.2) is 20.9 Å². The van der Waals surface area contributed by atoms with E-state index in [0.717, 1.165) is 21.9 Å². The van der Waals surface area contributed by atoms with Gasteiger partial charge in [0.25, 0.3) is 0 Å². The van der Waals surface area contributed by atoms with Crippen LogP contribution in [-0.2, 0) is 27.8 Å². The molecule has 0 bridgehead atoms. The van der Waals surface area contributed by atoms with Crippen LogP contribution in [0.15, 0.2) is 71.6 Å². The maximum Gasteiger partial charge on any atom is 0.240 e. The number of nitrogens with one attached hydrogen (secondary N) is 2. The van der Waals surface area contributed by atoms with Gasteiger partial charge in [-0.25, -0.2) is 13.1 Å². The van der Waals surface area contributed by atoms with Gasteiger partial charge in [0.05, 0.1) is 4.90 Å². The van der Waals surface area contributed by atoms with Crippen LogP contribution in [0.1, 0.15) is 31.4 Å². The largest absolute Gasteiger partial charge is 0.352 e. The predicted octanol–water partition coefficient (Wildman–Crippen LogP) is 4.02. The third-order valence-electron chi connectivity index (χ3n) is 4.91. The maximum atomic E-state index is 12.3. The molecule has 2 N–H and O–H groups in total. The van der Waals surface area contributed by atoms with Crippen LogP contribution in [0.25, 0.3) is 10.8 Å². The number of benzene rings is 3. The van der Waals surface area contributed by atoms with Gasteiger partial charge >= 0.3 is 0 Å². The van der Waals surface area contributed by atoms with Gasteiger partial charge in [0.2, 0.25) is 15.9 Å². The number of amides is 1. The lowest BCUT2D eigenvalue weighted by Gasteiger charge is -2.10. The zero-order valence-electron chi connectivity index (χ0n) is 17.4. The average Bonchev–Trinajstić information content (AvgIpc) is 2.75. The summed E-state index contributed by atoms with van der Waals surface area (Å²) in [6.45, 7) is 4.80. The van der Waals surface area contributed by atoms with Gasteiger partial charge in [0.1, 0.15) is 0 Å². The third-order valence-corrected chi connectivity index (χ3v) is 6.35. The van der Waals surface area contributed by atoms with Crippen molar-refractivity contribution in [1.82, 2.24) is 10.0 Å². The van der Waals surface area contributed by atoms with E-state index in [1.807, 2.05) is 38.1 Å². The van der Waals surface area contributed by atoms with E-state index in [0.29, 0.717) is 25.9 Å². The molecule has 5 nitrogen and oxygen atoms in total. The Hall–Kier alpha value is -2.70. The minimum atomic E-state index is -3.49. The predicted molar refractivity (Wildman–Crippen MR) is 121 cm³/mol. The molecule has 0 saturated heterocycles. The van der Waals surface area contributed by atoms with Crippen molar-refractivity contribution in [2.75, 3.05) is 6.54 Å². The molecule has 3 rings (SSSR count). The fraction of sp³-hybridized carbons (Fsp3) is 0.292. The van der Waals surface area contributed by atoms with Gasteiger partial charge in [0, 0.05) is 19.5 Å². The Bertz CT molecular complexity index is 1100. The molecule has 0 radical (unpaired) electrons. The van der Waals surface area contributed by atoms with Crippen molar-refractivity contribution in [3.8, 4) is 0 Å². The van der Waals surface area contributed by atoms with Crippen molar-refractivity contribution in [2.45, 2.75) is 38.1 Å². The Morgan fingerprint density at radius 1 is 0.933 bits per heavy atom. The summed E-state index contributed by atoms with van der Waals surface area (Å²) in [4.78, 5) is 12.5. The number of rotatable bonds is 9. The molecule has 30 heavy (non-hydrogen) atoms. The van der Waals surface area contributed by atoms with Crippen molar-refractivity contribution in [2.24, 2.45) is 5.92 Å². The molecule has 0 fully saturated rings. The second-order valence-corrected chi connectivity index (χ2v) is 9.57. The summed E-state index contributed by atoms with van der Waals surface area (Å²) >= 11 is 0. The third kappa shape index (κ3) is 5.90. The van der Waals surface area contributed by atoms with Crippen LogP contribution in [0, 0.1) is 5.92 Å². The van der Waals surface area contributed by atoms with Gasteiger partial charge in [-0.1, -0.05) is 68.4 Å². The van der Waals surface area contributed by atoms with Gasteiger partial charge in [0.15, 0.2) is 0 Å². The molecule has 0 atom stereocenters. The molecule has 158 valence electrons. The van der Waals surface area contributed by atoms with Crippen LogP contribution in [0.3, 0.4) is 0 Å². The van der Waals surface area contributed by atoms with E-state index in [9.17, 15) is 13.2 Å². The Labute approximate surface area is 178 Å². The molecule has 1 amide bonds. The van der Waals surface area contributed by atoms with Gasteiger partial charge in [-0.05, 0) is 46.4 Å². The van der Waals surface area contributed by atoms with Gasteiger partial charge < -0.3 is 5.32 Å². The lowest BCUT2D eigenvalue weighted by atomic mass is 10.0. The van der Waals surface area contributed by atoms with Gasteiger partial charge in [-0.3, -0.25) is 4.79 Å². The number of sulfonamides is 1. The highest BCUT2D eigenvalue weighted by Crippen LogP contribution is 2.18. The maximum absolute atomic E-state index is 12.3. The van der Waals surface area contributed by atoms with E-state index in [2.05, 4.69) is 28.2 Å². The van der Waals surface area contributed by atoms with E-state index in [4.69, 9.17) is 0 Å². The minimum absolute atomic E-state index is 0.0294. The Balaban J connectivity index is 1.52. The normalized spacial score (nSPS) is 11.7. The van der Waals surface area contributed by atoms with Gasteiger partial charge in [-0.15, -0.1) is 0 Å². The minimum Gasteiger partial charge on any atom is -0.352 e. The quantitative estimate of drug-likeness (QED) is 0.545. The van der Waals surface area contributed by atoms with Crippen LogP contribution in [0.5, 0.6) is 0 Å². The Morgan fingerprint density at radius 3 is 2.37 bits per heavy atom. The van der Waals surface area contributed by atoms with Crippen molar-refractivity contribution >= 4 is 26.7 Å². The highest BCUT2D eigenvalue weighted by Gasteiger charge is 2.14. The molecule has 6 heteroatoms. The van der Waals surface area contributed by atoms with Crippen molar-refractivity contribution in [1.29, 1.82) is 0 Å². The fourth-order valence-corrected chi connectivity index (χ4v) is 4.40. The molecule has 0 heterocycles. The van der Waals surface area contributed by atoms with E-state index in [-0.39, 0.29) is 16.7 Å². The lowest BCUT2D eigenvalue weighted by Crippen LogP contribution is -2.27. The van der Waals surface area contributed by atoms with Crippen LogP contribution < -0.4 is 10.0 Å². The van der Waals surface area contributed by atoms with Crippen LogP contribution in [0.2, 0.25) is 0 Å². The molecule has 0 unspecified atom stereocenters. The highest BCUT2D eigenvalue weighted by molar-refractivity contribution is 7.89. The first kappa shape index (κ1) is 22.0. The molecular formula is C24H28N2O3S. The zero-order valence-corrected chi connectivity index (χ0v) is 18.2. The Kier molecular flexibility index (Phi) is 7.24. The summed E-state index contributed by atoms with van der Waals surface area (Å²) in [7, 11) is -3.49. The topological polar surface area (TPSA) is 75.3 Å². The van der Waals surface area contributed by atoms with Crippen LogP contribution >= 0.6 is 0 Å². The summed E-state index contributed by atoms with van der Waals surface area (Å²) in [5.41, 5.74) is 2.02. The molecule has 0 saturated carbocycles. The summed E-state index contributed by atoms with van der Waals surface area (Å²) in [6.07, 6.45) is 0.906. The Morgan fingerprint density at radius 2 is 1.63 bits per heavy atom. The standard InChI is InChI=1S/C24H28N2O3S/c1-18(2)16-26-30(28,29)22-13-10-19(11-14-22)12-15-24(27)25-17-21-8-5-7-20-6-3-4-9-23(20)21/h3-11,13-14,18,26H,12,15-17H2,1-2H3,(H,25,27). The highest BCUT2D eigenvalue weighted by atomic mass is 32.2. The molecule has 3 aromatic rings. The second-order valence-electron chi connectivity index (χ2n) is 7.80. The first-order valence-corrected chi connectivity index (χ1v) is 11.7. The molecule has 0 aliphatic carbocycles. The first-order valence-electron chi connectivity index (χ1n) is 10.2. The fourth-order valence-electron chi connectivity index (χ4n) is 3.18. The zero-order chi connectivity index (χ0) is 21.6.